The van der Waals surface area contributed by atoms with Gasteiger partial charge in [0.25, 0.3) is 0 Å². The Balaban J connectivity index is 2.04. The van der Waals surface area contributed by atoms with Gasteiger partial charge in [0.05, 0.1) is 18.9 Å². The minimum atomic E-state index is -3.09. The summed E-state index contributed by atoms with van der Waals surface area (Å²) in [4.78, 5) is 0. The number of sulfone groups is 1. The molecule has 0 amide bonds. The molecule has 0 saturated carbocycles. The van der Waals surface area contributed by atoms with Gasteiger partial charge in [0.2, 0.25) is 5.88 Å². The van der Waals surface area contributed by atoms with Crippen LogP contribution in [-0.2, 0) is 16.4 Å². The molecule has 2 aromatic rings. The average molecular weight is 352 g/mol. The maximum atomic E-state index is 14.2. The molecule has 0 saturated heterocycles. The van der Waals surface area contributed by atoms with Gasteiger partial charge in [0, 0.05) is 23.3 Å². The predicted octanol–water partition coefficient (Wildman–Crippen LogP) is 2.87. The molecule has 0 N–H and O–H groups in total. The second-order valence-electron chi connectivity index (χ2n) is 6.65. The highest BCUT2D eigenvalue weighted by Crippen LogP contribution is 2.39. The SMILES string of the molecule is CC(C)c1c(-c2ccccc2F)nn2c1OCC(CS(C)(=O)=O)C2. The number of nitrogens with zero attached hydrogens (tertiary/aromatic N) is 2. The van der Waals surface area contributed by atoms with Gasteiger partial charge in [-0.3, -0.25) is 0 Å². The molecule has 0 bridgehead atoms. The standard InChI is InChI=1S/C17H21FN2O3S/c1-11(2)15-16(13-6-4-5-7-14(13)18)19-20-8-12(9-23-17(15)20)10-24(3,21)22/h4-7,11-12H,8-10H2,1-3H3. The Hall–Kier alpha value is -1.89. The van der Waals surface area contributed by atoms with E-state index < -0.39 is 9.84 Å². The first-order valence-electron chi connectivity index (χ1n) is 7.92. The Morgan fingerprint density at radius 3 is 2.71 bits per heavy atom. The number of halogens is 1. The summed E-state index contributed by atoms with van der Waals surface area (Å²) in [6, 6.07) is 6.52. The van der Waals surface area contributed by atoms with Crippen molar-refractivity contribution in [2.45, 2.75) is 26.3 Å². The van der Waals surface area contributed by atoms with E-state index in [2.05, 4.69) is 5.10 Å². The van der Waals surface area contributed by atoms with Crippen LogP contribution in [0.2, 0.25) is 0 Å². The molecule has 1 aromatic heterocycles. The number of hydrogen-bond donors (Lipinski definition) is 0. The summed E-state index contributed by atoms with van der Waals surface area (Å²) in [7, 11) is -3.09. The van der Waals surface area contributed by atoms with E-state index in [4.69, 9.17) is 4.74 Å². The first kappa shape index (κ1) is 17.0. The fraction of sp³-hybridized carbons (Fsp3) is 0.471. The summed E-state index contributed by atoms with van der Waals surface area (Å²) in [5, 5.41) is 4.54. The summed E-state index contributed by atoms with van der Waals surface area (Å²) in [5.41, 5.74) is 1.86. The van der Waals surface area contributed by atoms with Gasteiger partial charge in [-0.2, -0.15) is 5.10 Å². The average Bonchev–Trinajstić information content (AvgIpc) is 2.84. The van der Waals surface area contributed by atoms with Crippen molar-refractivity contribution in [2.24, 2.45) is 5.92 Å². The maximum Gasteiger partial charge on any atom is 0.215 e. The summed E-state index contributed by atoms with van der Waals surface area (Å²) in [6.45, 7) is 4.80. The van der Waals surface area contributed by atoms with Crippen LogP contribution in [0.3, 0.4) is 0 Å². The molecule has 0 aliphatic carbocycles. The first-order valence-corrected chi connectivity index (χ1v) is 9.98. The Labute approximate surface area is 141 Å². The first-order chi connectivity index (χ1) is 11.3. The Kier molecular flexibility index (Phi) is 4.38. The minimum Gasteiger partial charge on any atom is -0.477 e. The normalized spacial score (nSPS) is 17.6. The molecule has 0 radical (unpaired) electrons. The Bertz CT molecular complexity index is 859. The summed E-state index contributed by atoms with van der Waals surface area (Å²) in [6.07, 6.45) is 1.22. The topological polar surface area (TPSA) is 61.2 Å². The highest BCUT2D eigenvalue weighted by Gasteiger charge is 2.30. The fourth-order valence-electron chi connectivity index (χ4n) is 3.13. The molecule has 0 spiro atoms. The second-order valence-corrected chi connectivity index (χ2v) is 8.84. The van der Waals surface area contributed by atoms with Crippen LogP contribution in [0.15, 0.2) is 24.3 Å². The molecule has 7 heteroatoms. The van der Waals surface area contributed by atoms with Gasteiger partial charge in [-0.15, -0.1) is 0 Å². The highest BCUT2D eigenvalue weighted by molar-refractivity contribution is 7.90. The van der Waals surface area contributed by atoms with Gasteiger partial charge >= 0.3 is 0 Å². The van der Waals surface area contributed by atoms with E-state index in [0.29, 0.717) is 30.3 Å². The number of aromatic nitrogens is 2. The number of ether oxygens (including phenoxy) is 1. The molecule has 3 rings (SSSR count). The van der Waals surface area contributed by atoms with Gasteiger partial charge in [0.15, 0.2) is 0 Å². The van der Waals surface area contributed by atoms with E-state index >= 15 is 0 Å². The van der Waals surface area contributed by atoms with Gasteiger partial charge in [-0.25, -0.2) is 17.5 Å². The lowest BCUT2D eigenvalue weighted by molar-refractivity contribution is 0.174. The van der Waals surface area contributed by atoms with Crippen molar-refractivity contribution in [1.82, 2.24) is 9.78 Å². The smallest absolute Gasteiger partial charge is 0.215 e. The third-order valence-corrected chi connectivity index (χ3v) is 5.15. The van der Waals surface area contributed by atoms with Crippen molar-refractivity contribution >= 4 is 9.84 Å². The van der Waals surface area contributed by atoms with Crippen LogP contribution in [0.1, 0.15) is 25.3 Å². The van der Waals surface area contributed by atoms with Gasteiger partial charge < -0.3 is 4.74 Å². The predicted molar refractivity (Wildman–Crippen MR) is 90.4 cm³/mol. The zero-order chi connectivity index (χ0) is 17.5. The lowest BCUT2D eigenvalue weighted by atomic mass is 9.98. The second kappa shape index (κ2) is 6.20. The molecule has 1 unspecified atom stereocenters. The molecule has 1 aromatic carbocycles. The zero-order valence-electron chi connectivity index (χ0n) is 14.0. The van der Waals surface area contributed by atoms with Gasteiger partial charge in [-0.1, -0.05) is 26.0 Å². The van der Waals surface area contributed by atoms with E-state index in [1.807, 2.05) is 13.8 Å². The molecule has 0 fully saturated rings. The van der Waals surface area contributed by atoms with E-state index in [1.165, 1.54) is 12.3 Å². The van der Waals surface area contributed by atoms with Crippen molar-refractivity contribution < 1.29 is 17.5 Å². The monoisotopic (exact) mass is 352 g/mol. The van der Waals surface area contributed by atoms with E-state index in [-0.39, 0.29) is 23.4 Å². The lowest BCUT2D eigenvalue weighted by Crippen LogP contribution is -2.31. The van der Waals surface area contributed by atoms with Crippen LogP contribution < -0.4 is 4.74 Å². The van der Waals surface area contributed by atoms with Crippen molar-refractivity contribution in [3.05, 3.63) is 35.6 Å². The molecule has 2 heterocycles. The molecular weight excluding hydrogens is 331 g/mol. The molecule has 1 atom stereocenters. The van der Waals surface area contributed by atoms with Crippen LogP contribution in [0.25, 0.3) is 11.3 Å². The third-order valence-electron chi connectivity index (χ3n) is 4.07. The largest absolute Gasteiger partial charge is 0.477 e. The molecule has 5 nitrogen and oxygen atoms in total. The van der Waals surface area contributed by atoms with Crippen LogP contribution in [0.5, 0.6) is 5.88 Å². The van der Waals surface area contributed by atoms with E-state index in [1.54, 1.807) is 22.9 Å². The van der Waals surface area contributed by atoms with Gasteiger partial charge in [-0.05, 0) is 18.1 Å². The minimum absolute atomic E-state index is 0.0539. The highest BCUT2D eigenvalue weighted by atomic mass is 32.2. The lowest BCUT2D eigenvalue weighted by Gasteiger charge is -2.24. The van der Waals surface area contributed by atoms with E-state index in [9.17, 15) is 12.8 Å². The Morgan fingerprint density at radius 2 is 2.08 bits per heavy atom. The van der Waals surface area contributed by atoms with Gasteiger partial charge in [0.1, 0.15) is 21.3 Å². The molecule has 24 heavy (non-hydrogen) atoms. The summed E-state index contributed by atoms with van der Waals surface area (Å²) < 4.78 is 44.8. The number of benzene rings is 1. The van der Waals surface area contributed by atoms with E-state index in [0.717, 1.165) is 5.56 Å². The summed E-state index contributed by atoms with van der Waals surface area (Å²) >= 11 is 0. The molecule has 1 aliphatic heterocycles. The van der Waals surface area contributed by atoms with Crippen molar-refractivity contribution in [1.29, 1.82) is 0 Å². The zero-order valence-corrected chi connectivity index (χ0v) is 14.8. The maximum absolute atomic E-state index is 14.2. The number of hydrogen-bond acceptors (Lipinski definition) is 4. The van der Waals surface area contributed by atoms with Crippen molar-refractivity contribution in [3.63, 3.8) is 0 Å². The summed E-state index contributed by atoms with van der Waals surface area (Å²) in [5.74, 6) is 0.296. The number of rotatable bonds is 4. The van der Waals surface area contributed by atoms with Crippen LogP contribution in [-0.4, -0.2) is 36.8 Å². The molecule has 1 aliphatic rings. The molecule has 130 valence electrons. The van der Waals surface area contributed by atoms with Crippen LogP contribution >= 0.6 is 0 Å². The Morgan fingerprint density at radius 1 is 1.38 bits per heavy atom. The van der Waals surface area contributed by atoms with Crippen LogP contribution in [0, 0.1) is 11.7 Å². The fourth-order valence-corrected chi connectivity index (χ4v) is 4.19. The van der Waals surface area contributed by atoms with Crippen molar-refractivity contribution in [2.75, 3.05) is 18.6 Å². The van der Waals surface area contributed by atoms with Crippen molar-refractivity contribution in [3.8, 4) is 17.1 Å². The number of fused-ring (bicyclic) bond motifs is 1. The quantitative estimate of drug-likeness (QED) is 0.849. The third kappa shape index (κ3) is 3.31. The van der Waals surface area contributed by atoms with Crippen LogP contribution in [0.4, 0.5) is 4.39 Å². The molecular formula is C17H21FN2O3S.